The van der Waals surface area contributed by atoms with Gasteiger partial charge in [0, 0.05) is 5.56 Å². The summed E-state index contributed by atoms with van der Waals surface area (Å²) in [5, 5.41) is 8.74. The minimum Gasteiger partial charge on any atom is -0.293 e. The van der Waals surface area contributed by atoms with Gasteiger partial charge in [0.05, 0.1) is 5.25 Å². The van der Waals surface area contributed by atoms with Crippen LogP contribution in [0.3, 0.4) is 0 Å². The SMILES string of the molecule is Cc1nnc(SC(C)C(=O)c2ccccc2)s1. The van der Waals surface area contributed by atoms with E-state index in [1.807, 2.05) is 44.2 Å². The van der Waals surface area contributed by atoms with Crippen LogP contribution in [-0.2, 0) is 0 Å². The maximum Gasteiger partial charge on any atom is 0.175 e. The van der Waals surface area contributed by atoms with E-state index in [-0.39, 0.29) is 11.0 Å². The lowest BCUT2D eigenvalue weighted by molar-refractivity contribution is 0.0994. The Morgan fingerprint density at radius 3 is 2.59 bits per heavy atom. The predicted octanol–water partition coefficient (Wildman–Crippen LogP) is 3.21. The second-order valence-electron chi connectivity index (χ2n) is 3.58. The Kier molecular flexibility index (Phi) is 3.91. The molecule has 2 rings (SSSR count). The fourth-order valence-corrected chi connectivity index (χ4v) is 3.40. The number of nitrogens with zero attached hydrogens (tertiary/aromatic N) is 2. The van der Waals surface area contributed by atoms with Gasteiger partial charge in [-0.25, -0.2) is 0 Å². The first-order valence-corrected chi connectivity index (χ1v) is 6.92. The van der Waals surface area contributed by atoms with Crippen LogP contribution in [0.5, 0.6) is 0 Å². The molecule has 0 aliphatic heterocycles. The van der Waals surface area contributed by atoms with Crippen molar-refractivity contribution in [3.63, 3.8) is 0 Å². The van der Waals surface area contributed by atoms with Gasteiger partial charge in [-0.05, 0) is 13.8 Å². The smallest absolute Gasteiger partial charge is 0.175 e. The van der Waals surface area contributed by atoms with Crippen LogP contribution in [0.25, 0.3) is 0 Å². The van der Waals surface area contributed by atoms with Gasteiger partial charge in [-0.2, -0.15) is 0 Å². The number of thioether (sulfide) groups is 1. The van der Waals surface area contributed by atoms with Crippen molar-refractivity contribution in [1.82, 2.24) is 10.2 Å². The highest BCUT2D eigenvalue weighted by Gasteiger charge is 2.17. The van der Waals surface area contributed by atoms with Crippen molar-refractivity contribution in [3.05, 3.63) is 40.9 Å². The predicted molar refractivity (Wildman–Crippen MR) is 70.7 cm³/mol. The molecule has 0 spiro atoms. The molecule has 1 unspecified atom stereocenters. The van der Waals surface area contributed by atoms with Crippen molar-refractivity contribution in [2.45, 2.75) is 23.4 Å². The molecule has 0 saturated carbocycles. The van der Waals surface area contributed by atoms with Gasteiger partial charge in [0.25, 0.3) is 0 Å². The molecule has 0 bridgehead atoms. The molecule has 2 aromatic rings. The van der Waals surface area contributed by atoms with Gasteiger partial charge in [0.2, 0.25) is 0 Å². The standard InChI is InChI=1S/C12H12N2OS2/c1-8(16-12-14-13-9(2)17-12)11(15)10-6-4-3-5-7-10/h3-8H,1-2H3. The molecule has 1 heterocycles. The van der Waals surface area contributed by atoms with E-state index in [2.05, 4.69) is 10.2 Å². The van der Waals surface area contributed by atoms with Crippen molar-refractivity contribution >= 4 is 28.9 Å². The molecule has 0 aliphatic rings. The largest absolute Gasteiger partial charge is 0.293 e. The third-order valence-electron chi connectivity index (χ3n) is 2.21. The van der Waals surface area contributed by atoms with Crippen molar-refractivity contribution in [2.24, 2.45) is 0 Å². The highest BCUT2D eigenvalue weighted by Crippen LogP contribution is 2.27. The lowest BCUT2D eigenvalue weighted by Gasteiger charge is -2.07. The quantitative estimate of drug-likeness (QED) is 0.628. The van der Waals surface area contributed by atoms with E-state index in [0.717, 1.165) is 14.9 Å². The van der Waals surface area contributed by atoms with Crippen LogP contribution in [0.1, 0.15) is 22.3 Å². The Labute approximate surface area is 108 Å². The summed E-state index contributed by atoms with van der Waals surface area (Å²) in [5.74, 6) is 0.128. The zero-order valence-electron chi connectivity index (χ0n) is 9.58. The summed E-state index contributed by atoms with van der Waals surface area (Å²) in [7, 11) is 0. The number of hydrogen-bond acceptors (Lipinski definition) is 5. The summed E-state index contributed by atoms with van der Waals surface area (Å²) in [6.07, 6.45) is 0. The molecule has 0 amide bonds. The second kappa shape index (κ2) is 5.42. The number of carbonyl (C=O) groups is 1. The normalized spacial score (nSPS) is 12.4. The first kappa shape index (κ1) is 12.3. The van der Waals surface area contributed by atoms with E-state index in [4.69, 9.17) is 0 Å². The molecule has 5 heteroatoms. The Morgan fingerprint density at radius 2 is 2.00 bits per heavy atom. The lowest BCUT2D eigenvalue weighted by Crippen LogP contribution is -2.13. The summed E-state index contributed by atoms with van der Waals surface area (Å²) >= 11 is 2.98. The maximum absolute atomic E-state index is 12.1. The van der Waals surface area contributed by atoms with Crippen molar-refractivity contribution in [1.29, 1.82) is 0 Å². The van der Waals surface area contributed by atoms with Gasteiger partial charge in [0.15, 0.2) is 10.1 Å². The highest BCUT2D eigenvalue weighted by molar-refractivity contribution is 8.02. The fourth-order valence-electron chi connectivity index (χ4n) is 1.37. The molecule has 1 aromatic heterocycles. The van der Waals surface area contributed by atoms with Crippen LogP contribution < -0.4 is 0 Å². The monoisotopic (exact) mass is 264 g/mol. The molecular formula is C12H12N2OS2. The van der Waals surface area contributed by atoms with E-state index in [0.29, 0.717) is 0 Å². The highest BCUT2D eigenvalue weighted by atomic mass is 32.2. The number of rotatable bonds is 4. The molecule has 0 radical (unpaired) electrons. The molecule has 3 nitrogen and oxygen atoms in total. The molecule has 0 fully saturated rings. The van der Waals surface area contributed by atoms with Crippen molar-refractivity contribution < 1.29 is 4.79 Å². The van der Waals surface area contributed by atoms with E-state index in [1.165, 1.54) is 23.1 Å². The van der Waals surface area contributed by atoms with Crippen molar-refractivity contribution in [3.8, 4) is 0 Å². The fraction of sp³-hybridized carbons (Fsp3) is 0.250. The number of aromatic nitrogens is 2. The molecule has 0 saturated heterocycles. The Balaban J connectivity index is 2.06. The first-order valence-electron chi connectivity index (χ1n) is 5.23. The second-order valence-corrected chi connectivity index (χ2v) is 6.35. The summed E-state index contributed by atoms with van der Waals surface area (Å²) in [6, 6.07) is 9.33. The van der Waals surface area contributed by atoms with Crippen LogP contribution >= 0.6 is 23.1 Å². The molecule has 0 N–H and O–H groups in total. The number of Topliss-reactive ketones (excluding diaryl/α,β-unsaturated/α-hetero) is 1. The summed E-state index contributed by atoms with van der Waals surface area (Å²) < 4.78 is 0.847. The van der Waals surface area contributed by atoms with E-state index in [1.54, 1.807) is 0 Å². The summed E-state index contributed by atoms with van der Waals surface area (Å²) in [5.41, 5.74) is 0.744. The van der Waals surface area contributed by atoms with Crippen LogP contribution in [0.2, 0.25) is 0 Å². The Morgan fingerprint density at radius 1 is 1.29 bits per heavy atom. The van der Waals surface area contributed by atoms with Crippen LogP contribution in [0, 0.1) is 6.92 Å². The zero-order valence-corrected chi connectivity index (χ0v) is 11.2. The zero-order chi connectivity index (χ0) is 12.3. The number of aryl methyl sites for hydroxylation is 1. The molecular weight excluding hydrogens is 252 g/mol. The van der Waals surface area contributed by atoms with Gasteiger partial charge in [-0.1, -0.05) is 53.4 Å². The van der Waals surface area contributed by atoms with Gasteiger partial charge in [-0.15, -0.1) is 10.2 Å². The lowest BCUT2D eigenvalue weighted by atomic mass is 10.1. The summed E-state index contributed by atoms with van der Waals surface area (Å²) in [6.45, 7) is 3.81. The number of benzene rings is 1. The molecule has 1 aromatic carbocycles. The minimum absolute atomic E-state index is 0.128. The first-order chi connectivity index (χ1) is 8.16. The molecule has 1 atom stereocenters. The van der Waals surface area contributed by atoms with E-state index < -0.39 is 0 Å². The summed E-state index contributed by atoms with van der Waals surface area (Å²) in [4.78, 5) is 12.1. The Bertz CT molecular complexity index is 510. The van der Waals surface area contributed by atoms with E-state index in [9.17, 15) is 4.79 Å². The third kappa shape index (κ3) is 3.14. The Hall–Kier alpha value is -1.20. The van der Waals surface area contributed by atoms with Gasteiger partial charge in [0.1, 0.15) is 5.01 Å². The average Bonchev–Trinajstić information content (AvgIpc) is 2.75. The molecule has 88 valence electrons. The minimum atomic E-state index is -0.134. The number of hydrogen-bond donors (Lipinski definition) is 0. The van der Waals surface area contributed by atoms with Gasteiger partial charge >= 0.3 is 0 Å². The van der Waals surface area contributed by atoms with Gasteiger partial charge in [-0.3, -0.25) is 4.79 Å². The molecule has 0 aliphatic carbocycles. The van der Waals surface area contributed by atoms with Crippen LogP contribution in [-0.4, -0.2) is 21.2 Å². The van der Waals surface area contributed by atoms with Gasteiger partial charge < -0.3 is 0 Å². The van der Waals surface area contributed by atoms with E-state index >= 15 is 0 Å². The number of carbonyl (C=O) groups excluding carboxylic acids is 1. The number of ketones is 1. The van der Waals surface area contributed by atoms with Crippen LogP contribution in [0.4, 0.5) is 0 Å². The van der Waals surface area contributed by atoms with Crippen LogP contribution in [0.15, 0.2) is 34.7 Å². The third-order valence-corrected chi connectivity index (χ3v) is 4.24. The maximum atomic E-state index is 12.1. The van der Waals surface area contributed by atoms with Crippen molar-refractivity contribution in [2.75, 3.05) is 0 Å². The average molecular weight is 264 g/mol. The topological polar surface area (TPSA) is 42.9 Å². The molecule has 17 heavy (non-hydrogen) atoms.